The standard InChI is InChI=1S/C6H14O4S/c1-5(9-3)6(2)10-11(4,7)8/h5-6H,1-4H3/t5-,6-/m1/s1. The SMILES string of the molecule is CO[C@H](C)[C@@H](C)OS(C)(=O)=O. The van der Waals surface area contributed by atoms with Gasteiger partial charge in [-0.2, -0.15) is 8.42 Å². The Balaban J connectivity index is 3.98. The van der Waals surface area contributed by atoms with Gasteiger partial charge in [0.05, 0.1) is 12.4 Å². The van der Waals surface area contributed by atoms with Gasteiger partial charge in [-0.1, -0.05) is 0 Å². The lowest BCUT2D eigenvalue weighted by Gasteiger charge is -2.16. The van der Waals surface area contributed by atoms with Crippen LogP contribution in [-0.4, -0.2) is 34.0 Å². The topological polar surface area (TPSA) is 52.6 Å². The van der Waals surface area contributed by atoms with Crippen molar-refractivity contribution in [2.24, 2.45) is 0 Å². The maximum Gasteiger partial charge on any atom is 0.264 e. The molecule has 0 unspecified atom stereocenters. The molecule has 0 aromatic carbocycles. The summed E-state index contributed by atoms with van der Waals surface area (Å²) in [4.78, 5) is 0. The molecule has 2 atom stereocenters. The van der Waals surface area contributed by atoms with E-state index in [4.69, 9.17) is 4.74 Å². The van der Waals surface area contributed by atoms with Gasteiger partial charge in [0, 0.05) is 7.11 Å². The molecule has 0 spiro atoms. The van der Waals surface area contributed by atoms with Crippen molar-refractivity contribution in [2.45, 2.75) is 26.1 Å². The monoisotopic (exact) mass is 182 g/mol. The molecular formula is C6H14O4S. The van der Waals surface area contributed by atoms with Crippen LogP contribution in [0.15, 0.2) is 0 Å². The maximum absolute atomic E-state index is 10.6. The first-order valence-electron chi connectivity index (χ1n) is 3.28. The van der Waals surface area contributed by atoms with E-state index >= 15 is 0 Å². The summed E-state index contributed by atoms with van der Waals surface area (Å²) in [5, 5.41) is 0. The second-order valence-corrected chi connectivity index (χ2v) is 4.05. The van der Waals surface area contributed by atoms with Gasteiger partial charge in [-0.3, -0.25) is 4.18 Å². The van der Waals surface area contributed by atoms with Crippen LogP contribution < -0.4 is 0 Å². The zero-order valence-electron chi connectivity index (χ0n) is 7.20. The Morgan fingerprint density at radius 3 is 1.91 bits per heavy atom. The third-order valence-corrected chi connectivity index (χ3v) is 2.01. The van der Waals surface area contributed by atoms with Gasteiger partial charge in [-0.25, -0.2) is 0 Å². The molecule has 11 heavy (non-hydrogen) atoms. The number of methoxy groups -OCH3 is 1. The van der Waals surface area contributed by atoms with E-state index in [1.54, 1.807) is 13.8 Å². The van der Waals surface area contributed by atoms with Crippen molar-refractivity contribution < 1.29 is 17.3 Å². The second-order valence-electron chi connectivity index (χ2n) is 2.45. The second kappa shape index (κ2) is 4.04. The zero-order valence-corrected chi connectivity index (χ0v) is 8.01. The highest BCUT2D eigenvalue weighted by molar-refractivity contribution is 7.86. The predicted molar refractivity (Wildman–Crippen MR) is 41.9 cm³/mol. The molecule has 0 fully saturated rings. The highest BCUT2D eigenvalue weighted by Gasteiger charge is 2.16. The smallest absolute Gasteiger partial charge is 0.264 e. The molecule has 0 aliphatic carbocycles. The van der Waals surface area contributed by atoms with Crippen LogP contribution in [0.1, 0.15) is 13.8 Å². The van der Waals surface area contributed by atoms with E-state index in [0.29, 0.717) is 0 Å². The third kappa shape index (κ3) is 5.17. The molecule has 0 amide bonds. The molecule has 0 N–H and O–H groups in total. The average Bonchev–Trinajstić information content (AvgIpc) is 1.82. The number of rotatable bonds is 4. The van der Waals surface area contributed by atoms with Gasteiger partial charge < -0.3 is 4.74 Å². The first-order chi connectivity index (χ1) is 4.87. The van der Waals surface area contributed by atoms with E-state index in [1.165, 1.54) is 7.11 Å². The Labute approximate surface area is 67.6 Å². The quantitative estimate of drug-likeness (QED) is 0.590. The van der Waals surface area contributed by atoms with Crippen LogP contribution in [0, 0.1) is 0 Å². The van der Waals surface area contributed by atoms with Crippen LogP contribution >= 0.6 is 0 Å². The van der Waals surface area contributed by atoms with Gasteiger partial charge in [0.2, 0.25) is 0 Å². The van der Waals surface area contributed by atoms with Crippen LogP contribution in [0.2, 0.25) is 0 Å². The van der Waals surface area contributed by atoms with Crippen molar-refractivity contribution in [3.05, 3.63) is 0 Å². The van der Waals surface area contributed by atoms with Crippen molar-refractivity contribution in [3.8, 4) is 0 Å². The van der Waals surface area contributed by atoms with E-state index < -0.39 is 16.2 Å². The van der Waals surface area contributed by atoms with E-state index in [-0.39, 0.29) is 6.10 Å². The van der Waals surface area contributed by atoms with Crippen LogP contribution in [-0.2, 0) is 19.0 Å². The minimum absolute atomic E-state index is 0.218. The minimum Gasteiger partial charge on any atom is -0.379 e. The summed E-state index contributed by atoms with van der Waals surface area (Å²) in [6.07, 6.45) is 0.367. The summed E-state index contributed by atoms with van der Waals surface area (Å²) in [5.74, 6) is 0. The average molecular weight is 182 g/mol. The van der Waals surface area contributed by atoms with Crippen molar-refractivity contribution in [1.82, 2.24) is 0 Å². The summed E-state index contributed by atoms with van der Waals surface area (Å²) in [7, 11) is -1.85. The van der Waals surface area contributed by atoms with Crippen molar-refractivity contribution in [2.75, 3.05) is 13.4 Å². The summed E-state index contributed by atoms with van der Waals surface area (Å²) >= 11 is 0. The Kier molecular flexibility index (Phi) is 3.99. The fourth-order valence-electron chi connectivity index (χ4n) is 0.546. The first kappa shape index (κ1) is 10.9. The van der Waals surface area contributed by atoms with Gasteiger partial charge in [-0.05, 0) is 13.8 Å². The molecular weight excluding hydrogens is 168 g/mol. The fraction of sp³-hybridized carbons (Fsp3) is 1.00. The molecule has 0 radical (unpaired) electrons. The van der Waals surface area contributed by atoms with E-state index in [0.717, 1.165) is 6.26 Å². The van der Waals surface area contributed by atoms with E-state index in [2.05, 4.69) is 4.18 Å². The first-order valence-corrected chi connectivity index (χ1v) is 5.09. The van der Waals surface area contributed by atoms with Crippen LogP contribution in [0.25, 0.3) is 0 Å². The lowest BCUT2D eigenvalue weighted by Crippen LogP contribution is -2.27. The Bertz CT molecular complexity index is 197. The molecule has 0 saturated heterocycles. The van der Waals surface area contributed by atoms with Gasteiger partial charge >= 0.3 is 0 Å². The summed E-state index contributed by atoms with van der Waals surface area (Å²) in [6.45, 7) is 3.39. The van der Waals surface area contributed by atoms with Crippen LogP contribution in [0.5, 0.6) is 0 Å². The molecule has 4 nitrogen and oxygen atoms in total. The fourth-order valence-corrected chi connectivity index (χ4v) is 1.25. The largest absolute Gasteiger partial charge is 0.379 e. The molecule has 0 bridgehead atoms. The van der Waals surface area contributed by atoms with Crippen LogP contribution in [0.4, 0.5) is 0 Å². The van der Waals surface area contributed by atoms with Crippen molar-refractivity contribution >= 4 is 10.1 Å². The molecule has 5 heteroatoms. The molecule has 0 rings (SSSR count). The normalized spacial score (nSPS) is 17.8. The predicted octanol–water partition coefficient (Wildman–Crippen LogP) is 0.386. The van der Waals surface area contributed by atoms with Crippen LogP contribution in [0.3, 0.4) is 0 Å². The molecule has 68 valence electrons. The summed E-state index contributed by atoms with van der Waals surface area (Å²) in [6, 6.07) is 0. The highest BCUT2D eigenvalue weighted by Crippen LogP contribution is 2.04. The lowest BCUT2D eigenvalue weighted by molar-refractivity contribution is 0.0268. The van der Waals surface area contributed by atoms with Gasteiger partial charge in [0.1, 0.15) is 6.10 Å². The number of hydrogen-bond acceptors (Lipinski definition) is 4. The molecule has 0 aromatic heterocycles. The number of hydrogen-bond donors (Lipinski definition) is 0. The van der Waals surface area contributed by atoms with E-state index in [9.17, 15) is 8.42 Å². The minimum atomic E-state index is -3.36. The van der Waals surface area contributed by atoms with Crippen molar-refractivity contribution in [3.63, 3.8) is 0 Å². The summed E-state index contributed by atoms with van der Waals surface area (Å²) in [5.41, 5.74) is 0. The maximum atomic E-state index is 10.6. The van der Waals surface area contributed by atoms with Gasteiger partial charge in [-0.15, -0.1) is 0 Å². The molecule has 0 aromatic rings. The zero-order chi connectivity index (χ0) is 9.07. The molecule has 0 heterocycles. The Morgan fingerprint density at radius 2 is 1.64 bits per heavy atom. The Morgan fingerprint density at radius 1 is 1.18 bits per heavy atom. The third-order valence-electron chi connectivity index (χ3n) is 1.36. The summed E-state index contributed by atoms with van der Waals surface area (Å²) < 4.78 is 30.7. The van der Waals surface area contributed by atoms with Gasteiger partial charge in [0.15, 0.2) is 0 Å². The highest BCUT2D eigenvalue weighted by atomic mass is 32.2. The number of ether oxygens (including phenoxy) is 1. The van der Waals surface area contributed by atoms with Gasteiger partial charge in [0.25, 0.3) is 10.1 Å². The molecule has 0 saturated carbocycles. The Hall–Kier alpha value is -0.130. The van der Waals surface area contributed by atoms with Crippen molar-refractivity contribution in [1.29, 1.82) is 0 Å². The lowest BCUT2D eigenvalue weighted by atomic mass is 10.3. The molecule has 0 aliphatic rings. The molecule has 0 aliphatic heterocycles. The van der Waals surface area contributed by atoms with E-state index in [1.807, 2.05) is 0 Å².